The minimum atomic E-state index is -4.66. The van der Waals surface area contributed by atoms with Crippen molar-refractivity contribution >= 4 is 11.9 Å². The molecule has 0 saturated heterocycles. The predicted molar refractivity (Wildman–Crippen MR) is 108 cm³/mol. The summed E-state index contributed by atoms with van der Waals surface area (Å²) in [7, 11) is 0. The number of carbonyl (C=O) groups excluding carboxylic acids is 2. The molecule has 0 aromatic heterocycles. The lowest BCUT2D eigenvalue weighted by atomic mass is 9.72. The summed E-state index contributed by atoms with van der Waals surface area (Å²) in [5.74, 6) is -3.59. The Labute approximate surface area is 190 Å². The van der Waals surface area contributed by atoms with E-state index in [9.17, 15) is 41.0 Å². The number of rotatable bonds is 13. The molecule has 6 nitrogen and oxygen atoms in total. The molecule has 0 bridgehead atoms. The summed E-state index contributed by atoms with van der Waals surface area (Å²) in [6.07, 6.45) is -12.3. The fourth-order valence-corrected chi connectivity index (χ4v) is 3.37. The van der Waals surface area contributed by atoms with Crippen LogP contribution in [-0.2, 0) is 19.1 Å². The summed E-state index contributed by atoms with van der Waals surface area (Å²) in [6.45, 7) is 6.72. The maximum atomic E-state index is 13.1. The van der Waals surface area contributed by atoms with Gasteiger partial charge in [-0.2, -0.15) is 26.3 Å². The Morgan fingerprint density at radius 2 is 1.55 bits per heavy atom. The van der Waals surface area contributed by atoms with Crippen molar-refractivity contribution in [1.82, 2.24) is 5.32 Å². The Hall–Kier alpha value is -1.56. The molecule has 2 N–H and O–H groups in total. The molecule has 0 fully saturated rings. The van der Waals surface area contributed by atoms with Crippen molar-refractivity contribution in [2.45, 2.75) is 85.4 Å². The average molecular weight is 496 g/mol. The number of halogens is 6. The number of hydrogen-bond donors (Lipinski definition) is 2. The van der Waals surface area contributed by atoms with Gasteiger partial charge in [-0.15, -0.1) is 0 Å². The Morgan fingerprint density at radius 1 is 1.00 bits per heavy atom. The lowest BCUT2D eigenvalue weighted by Crippen LogP contribution is -2.41. The van der Waals surface area contributed by atoms with Crippen LogP contribution in [0.25, 0.3) is 0 Å². The maximum Gasteiger partial charge on any atom is 0.401 e. The first-order chi connectivity index (χ1) is 14.7. The van der Waals surface area contributed by atoms with Crippen LogP contribution in [0.4, 0.5) is 26.3 Å². The largest absolute Gasteiger partial charge is 0.464 e. The molecular formula is C21H35F6NO5. The van der Waals surface area contributed by atoms with Crippen LogP contribution in [0.5, 0.6) is 0 Å². The van der Waals surface area contributed by atoms with E-state index in [4.69, 9.17) is 9.47 Å². The van der Waals surface area contributed by atoms with Crippen molar-refractivity contribution in [2.75, 3.05) is 19.7 Å². The fraction of sp³-hybridized carbons (Fsp3) is 0.905. The van der Waals surface area contributed by atoms with Crippen molar-refractivity contribution in [3.05, 3.63) is 0 Å². The Morgan fingerprint density at radius 3 is 1.97 bits per heavy atom. The molecule has 33 heavy (non-hydrogen) atoms. The number of hydrogen-bond acceptors (Lipinski definition) is 6. The van der Waals surface area contributed by atoms with Gasteiger partial charge in [-0.05, 0) is 53.9 Å². The summed E-state index contributed by atoms with van der Waals surface area (Å²) in [6, 6.07) is 0. The van der Waals surface area contributed by atoms with Gasteiger partial charge in [0, 0.05) is 6.54 Å². The molecule has 0 radical (unpaired) electrons. The van der Waals surface area contributed by atoms with E-state index in [-0.39, 0.29) is 26.0 Å². The van der Waals surface area contributed by atoms with Crippen molar-refractivity contribution < 1.29 is 50.5 Å². The average Bonchev–Trinajstić information content (AvgIpc) is 2.62. The number of aliphatic hydroxyl groups excluding tert-OH is 1. The smallest absolute Gasteiger partial charge is 0.401 e. The van der Waals surface area contributed by atoms with Crippen molar-refractivity contribution in [3.8, 4) is 0 Å². The second-order valence-corrected chi connectivity index (χ2v) is 9.24. The van der Waals surface area contributed by atoms with Crippen LogP contribution < -0.4 is 5.32 Å². The van der Waals surface area contributed by atoms with E-state index in [1.165, 1.54) is 27.7 Å². The Balaban J connectivity index is 5.00. The highest BCUT2D eigenvalue weighted by Gasteiger charge is 2.46. The molecule has 0 aliphatic rings. The number of nitrogens with one attached hydrogen (secondary N) is 1. The number of ether oxygens (including phenoxy) is 2. The quantitative estimate of drug-likeness (QED) is 0.224. The molecule has 12 heteroatoms. The topological polar surface area (TPSA) is 84.9 Å². The van der Waals surface area contributed by atoms with Gasteiger partial charge < -0.3 is 19.9 Å². The summed E-state index contributed by atoms with van der Waals surface area (Å²) in [5.41, 5.74) is -2.45. The van der Waals surface area contributed by atoms with Crippen molar-refractivity contribution in [2.24, 2.45) is 16.7 Å². The predicted octanol–water partition coefficient (Wildman–Crippen LogP) is 4.40. The molecule has 0 aromatic rings. The summed E-state index contributed by atoms with van der Waals surface area (Å²) >= 11 is 0. The van der Waals surface area contributed by atoms with E-state index in [0.29, 0.717) is 0 Å². The van der Waals surface area contributed by atoms with Gasteiger partial charge >= 0.3 is 24.3 Å². The first kappa shape index (κ1) is 31.4. The molecule has 0 aliphatic heterocycles. The zero-order valence-electron chi connectivity index (χ0n) is 19.8. The zero-order valence-corrected chi connectivity index (χ0v) is 19.8. The standard InChI is InChI=1S/C21H35F6NO5/c1-7-19(6,17(31)33-13(2)10-15(14(3)29)21(25,26)27)11-18(4,5)16(30)32-9-8-28-12-20(22,23)24/h13-15,28-29H,7-12H2,1-6H3. The highest BCUT2D eigenvalue weighted by atomic mass is 19.4. The molecule has 4 unspecified atom stereocenters. The van der Waals surface area contributed by atoms with Crippen LogP contribution in [0.3, 0.4) is 0 Å². The van der Waals surface area contributed by atoms with Crippen LogP contribution in [-0.4, -0.2) is 61.3 Å². The Bertz CT molecular complexity index is 636. The number of esters is 2. The van der Waals surface area contributed by atoms with Gasteiger partial charge in [0.25, 0.3) is 0 Å². The monoisotopic (exact) mass is 495 g/mol. The number of alkyl halides is 6. The second-order valence-electron chi connectivity index (χ2n) is 9.24. The van der Waals surface area contributed by atoms with Crippen LogP contribution in [0.1, 0.15) is 60.8 Å². The lowest BCUT2D eigenvalue weighted by Gasteiger charge is -2.35. The molecule has 0 aliphatic carbocycles. The highest BCUT2D eigenvalue weighted by molar-refractivity contribution is 5.80. The van der Waals surface area contributed by atoms with Gasteiger partial charge in [0.1, 0.15) is 6.61 Å². The SMILES string of the molecule is CCC(C)(CC(C)(C)C(=O)OCCNCC(F)(F)F)C(=O)OC(C)CC(C(C)O)C(F)(F)F. The minimum Gasteiger partial charge on any atom is -0.464 e. The second kappa shape index (κ2) is 12.2. The number of carbonyl (C=O) groups is 2. The van der Waals surface area contributed by atoms with Gasteiger partial charge in [0.15, 0.2) is 0 Å². The lowest BCUT2D eigenvalue weighted by molar-refractivity contribution is -0.208. The molecule has 196 valence electrons. The van der Waals surface area contributed by atoms with Crippen molar-refractivity contribution in [3.63, 3.8) is 0 Å². The van der Waals surface area contributed by atoms with Gasteiger partial charge in [-0.1, -0.05) is 6.92 Å². The maximum absolute atomic E-state index is 13.1. The first-order valence-electron chi connectivity index (χ1n) is 10.7. The van der Waals surface area contributed by atoms with Crippen LogP contribution >= 0.6 is 0 Å². The molecule has 0 rings (SSSR count). The molecular weight excluding hydrogens is 460 g/mol. The minimum absolute atomic E-state index is 0.0596. The van der Waals surface area contributed by atoms with E-state index in [2.05, 4.69) is 5.32 Å². The Kier molecular flexibility index (Phi) is 11.7. The third-order valence-corrected chi connectivity index (χ3v) is 5.39. The highest BCUT2D eigenvalue weighted by Crippen LogP contribution is 2.39. The first-order valence-corrected chi connectivity index (χ1v) is 10.7. The van der Waals surface area contributed by atoms with E-state index in [1.807, 2.05) is 0 Å². The molecule has 0 heterocycles. The molecule has 0 spiro atoms. The van der Waals surface area contributed by atoms with Gasteiger partial charge in [0.2, 0.25) is 0 Å². The van der Waals surface area contributed by atoms with Crippen LogP contribution in [0.2, 0.25) is 0 Å². The van der Waals surface area contributed by atoms with E-state index >= 15 is 0 Å². The summed E-state index contributed by atoms with van der Waals surface area (Å²) in [5, 5.41) is 11.5. The summed E-state index contributed by atoms with van der Waals surface area (Å²) in [4.78, 5) is 25.2. The normalized spacial score (nSPS) is 17.6. The number of aliphatic hydroxyl groups is 1. The third kappa shape index (κ3) is 11.4. The molecule has 0 saturated carbocycles. The van der Waals surface area contributed by atoms with Crippen LogP contribution in [0, 0.1) is 16.7 Å². The van der Waals surface area contributed by atoms with E-state index in [1.54, 1.807) is 6.92 Å². The zero-order chi connectivity index (χ0) is 26.3. The fourth-order valence-electron chi connectivity index (χ4n) is 3.37. The molecule has 0 aromatic carbocycles. The third-order valence-electron chi connectivity index (χ3n) is 5.39. The van der Waals surface area contributed by atoms with Crippen molar-refractivity contribution in [1.29, 1.82) is 0 Å². The van der Waals surface area contributed by atoms with Gasteiger partial charge in [-0.25, -0.2) is 0 Å². The molecule has 0 amide bonds. The van der Waals surface area contributed by atoms with Crippen LogP contribution in [0.15, 0.2) is 0 Å². The summed E-state index contributed by atoms with van der Waals surface area (Å²) < 4.78 is 85.8. The van der Waals surface area contributed by atoms with Gasteiger partial charge in [0.05, 0.1) is 35.5 Å². The van der Waals surface area contributed by atoms with E-state index < -0.39 is 66.2 Å². The molecule has 4 atom stereocenters. The van der Waals surface area contributed by atoms with E-state index in [0.717, 1.165) is 6.92 Å². The van der Waals surface area contributed by atoms with Gasteiger partial charge in [-0.3, -0.25) is 9.59 Å².